The highest BCUT2D eigenvalue weighted by Crippen LogP contribution is 2.36. The smallest absolute Gasteiger partial charge is 0.352 e. The third-order valence-corrected chi connectivity index (χ3v) is 6.93. The second-order valence-electron chi connectivity index (χ2n) is 8.81. The molecule has 0 unspecified atom stereocenters. The number of nitrogens with one attached hydrogen (secondary N) is 2. The topological polar surface area (TPSA) is 71.8 Å². The summed E-state index contributed by atoms with van der Waals surface area (Å²) in [6.07, 6.45) is -2.31. The number of hydrogen-bond donors (Lipinski definition) is 2. The van der Waals surface area contributed by atoms with Crippen LogP contribution in [0.2, 0.25) is 0 Å². The second kappa shape index (κ2) is 11.2. The van der Waals surface area contributed by atoms with Crippen LogP contribution in [0.5, 0.6) is 0 Å². The third-order valence-electron chi connectivity index (χ3n) is 6.12. The highest BCUT2D eigenvalue weighted by Gasteiger charge is 2.41. The molecule has 2 aromatic heterocycles. The zero-order valence-corrected chi connectivity index (χ0v) is 20.4. The van der Waals surface area contributed by atoms with Crippen molar-refractivity contribution in [3.63, 3.8) is 0 Å². The molecule has 1 saturated carbocycles. The summed E-state index contributed by atoms with van der Waals surface area (Å²) >= 11 is 0.772. The molecule has 1 aliphatic carbocycles. The number of hydrogen-bond acceptors (Lipinski definition) is 5. The number of alkyl halides is 6. The van der Waals surface area contributed by atoms with Gasteiger partial charge in [-0.25, -0.2) is 9.67 Å². The fourth-order valence-electron chi connectivity index (χ4n) is 4.28. The number of carbonyl (C=O) groups is 1. The molecule has 0 spiro atoms. The fourth-order valence-corrected chi connectivity index (χ4v) is 5.07. The van der Waals surface area contributed by atoms with E-state index in [1.807, 2.05) is 0 Å². The summed E-state index contributed by atoms with van der Waals surface area (Å²) in [4.78, 5) is 16.6. The van der Waals surface area contributed by atoms with Crippen molar-refractivity contribution in [2.24, 2.45) is 0 Å². The Labute approximate surface area is 213 Å². The summed E-state index contributed by atoms with van der Waals surface area (Å²) in [5, 5.41) is 10.8. The summed E-state index contributed by atoms with van der Waals surface area (Å²) < 4.78 is 81.5. The zero-order valence-electron chi connectivity index (χ0n) is 19.6. The Kier molecular flexibility index (Phi) is 8.22. The van der Waals surface area contributed by atoms with Crippen LogP contribution < -0.4 is 10.6 Å². The molecular formula is C24H25F6N5OS. The van der Waals surface area contributed by atoms with Gasteiger partial charge in [-0.1, -0.05) is 31.4 Å². The van der Waals surface area contributed by atoms with Crippen molar-refractivity contribution < 1.29 is 31.1 Å². The number of carbonyl (C=O) groups excluding carboxylic acids is 1. The number of halogens is 6. The third kappa shape index (κ3) is 6.69. The predicted octanol–water partition coefficient (Wildman–Crippen LogP) is 6.08. The molecule has 1 aromatic carbocycles. The van der Waals surface area contributed by atoms with Crippen molar-refractivity contribution in [3.8, 4) is 16.4 Å². The van der Waals surface area contributed by atoms with E-state index in [9.17, 15) is 31.1 Å². The molecule has 13 heteroatoms. The van der Waals surface area contributed by atoms with Crippen molar-refractivity contribution in [3.05, 3.63) is 52.7 Å². The van der Waals surface area contributed by atoms with Crippen LogP contribution in [0.4, 0.5) is 26.3 Å². The molecule has 2 heterocycles. The first-order chi connectivity index (χ1) is 17.5. The Morgan fingerprint density at radius 1 is 1.05 bits per heavy atom. The van der Waals surface area contributed by atoms with Crippen LogP contribution in [0.25, 0.3) is 16.4 Å². The first kappa shape index (κ1) is 27.1. The Bertz CT molecular complexity index is 1210. The average molecular weight is 546 g/mol. The van der Waals surface area contributed by atoms with E-state index < -0.39 is 35.1 Å². The van der Waals surface area contributed by atoms with Crippen molar-refractivity contribution in [1.82, 2.24) is 25.4 Å². The number of thiazole rings is 1. The lowest BCUT2D eigenvalue weighted by Crippen LogP contribution is -2.34. The van der Waals surface area contributed by atoms with Crippen LogP contribution in [0, 0.1) is 0 Å². The van der Waals surface area contributed by atoms with Crippen LogP contribution >= 0.6 is 11.3 Å². The van der Waals surface area contributed by atoms with E-state index in [0.717, 1.165) is 42.5 Å². The Morgan fingerprint density at radius 3 is 2.51 bits per heavy atom. The summed E-state index contributed by atoms with van der Waals surface area (Å²) in [5.74, 6) is -0.911. The van der Waals surface area contributed by atoms with Gasteiger partial charge in [-0.05, 0) is 37.9 Å². The van der Waals surface area contributed by atoms with E-state index >= 15 is 0 Å². The van der Waals surface area contributed by atoms with Crippen molar-refractivity contribution in [1.29, 1.82) is 0 Å². The van der Waals surface area contributed by atoms with Crippen LogP contribution in [-0.2, 0) is 12.4 Å². The lowest BCUT2D eigenvalue weighted by molar-refractivity contribution is -0.143. The van der Waals surface area contributed by atoms with Crippen LogP contribution in [-0.4, -0.2) is 39.8 Å². The first-order valence-electron chi connectivity index (χ1n) is 11.8. The van der Waals surface area contributed by atoms with E-state index in [2.05, 4.69) is 20.7 Å². The predicted molar refractivity (Wildman–Crippen MR) is 127 cm³/mol. The van der Waals surface area contributed by atoms with Gasteiger partial charge in [0.1, 0.15) is 0 Å². The van der Waals surface area contributed by atoms with Gasteiger partial charge >= 0.3 is 12.4 Å². The van der Waals surface area contributed by atoms with Gasteiger partial charge in [0.2, 0.25) is 5.13 Å². The summed E-state index contributed by atoms with van der Waals surface area (Å²) in [6, 6.07) is 4.78. The van der Waals surface area contributed by atoms with Crippen molar-refractivity contribution in [2.45, 2.75) is 56.9 Å². The van der Waals surface area contributed by atoms with Crippen LogP contribution in [0.3, 0.4) is 0 Å². The quantitative estimate of drug-likeness (QED) is 0.266. The molecule has 2 N–H and O–H groups in total. The standard InChI is InChI=1S/C24H25F6N5OS/c25-23(26,27)16-7-4-6-15(12-16)19-14-37-22(34-19)35-20(24(28,29)30)18(13-33-35)21(36)32-11-5-10-31-17-8-2-1-3-9-17/h4,6-7,12-14,17,31H,1-3,5,8-11H2,(H,32,36). The molecule has 1 amide bonds. The maximum atomic E-state index is 14.0. The molecule has 37 heavy (non-hydrogen) atoms. The second-order valence-corrected chi connectivity index (χ2v) is 9.65. The van der Waals surface area contributed by atoms with E-state index in [4.69, 9.17) is 0 Å². The molecule has 1 aliphatic rings. The van der Waals surface area contributed by atoms with Gasteiger partial charge in [-0.15, -0.1) is 11.3 Å². The number of amides is 1. The van der Waals surface area contributed by atoms with Gasteiger partial charge in [0.05, 0.1) is 23.0 Å². The molecule has 0 saturated heterocycles. The molecule has 3 aromatic rings. The van der Waals surface area contributed by atoms with E-state index in [1.165, 1.54) is 36.8 Å². The van der Waals surface area contributed by atoms with Gasteiger partial charge in [0.15, 0.2) is 5.69 Å². The summed E-state index contributed by atoms with van der Waals surface area (Å²) in [6.45, 7) is 0.839. The molecule has 1 fully saturated rings. The monoisotopic (exact) mass is 545 g/mol. The molecule has 0 aliphatic heterocycles. The lowest BCUT2D eigenvalue weighted by atomic mass is 9.95. The number of rotatable bonds is 8. The molecule has 0 bridgehead atoms. The van der Waals surface area contributed by atoms with E-state index in [-0.39, 0.29) is 22.9 Å². The molecule has 200 valence electrons. The van der Waals surface area contributed by atoms with Gasteiger partial charge in [-0.3, -0.25) is 4.79 Å². The van der Waals surface area contributed by atoms with Gasteiger partial charge < -0.3 is 10.6 Å². The fraction of sp³-hybridized carbons (Fsp3) is 0.458. The molecule has 6 nitrogen and oxygen atoms in total. The normalized spacial score (nSPS) is 15.2. The Morgan fingerprint density at radius 2 is 1.81 bits per heavy atom. The lowest BCUT2D eigenvalue weighted by Gasteiger charge is -2.22. The minimum absolute atomic E-state index is 0.0613. The molecule has 4 rings (SSSR count). The first-order valence-corrected chi connectivity index (χ1v) is 12.7. The number of nitrogens with zero attached hydrogens (tertiary/aromatic N) is 3. The van der Waals surface area contributed by atoms with E-state index in [0.29, 0.717) is 23.7 Å². The number of aromatic nitrogens is 3. The largest absolute Gasteiger partial charge is 0.434 e. The maximum Gasteiger partial charge on any atom is 0.434 e. The average Bonchev–Trinajstić information content (AvgIpc) is 3.51. The van der Waals surface area contributed by atoms with Crippen molar-refractivity contribution in [2.75, 3.05) is 13.1 Å². The van der Waals surface area contributed by atoms with Crippen LogP contribution in [0.15, 0.2) is 35.8 Å². The van der Waals surface area contributed by atoms with Crippen LogP contribution in [0.1, 0.15) is 60.1 Å². The highest BCUT2D eigenvalue weighted by atomic mass is 32.1. The molecule has 0 atom stereocenters. The van der Waals surface area contributed by atoms with Gasteiger partial charge in [0.25, 0.3) is 5.91 Å². The molecule has 0 radical (unpaired) electrons. The van der Waals surface area contributed by atoms with Crippen molar-refractivity contribution >= 4 is 17.2 Å². The van der Waals surface area contributed by atoms with Gasteiger partial charge in [0, 0.05) is 23.5 Å². The highest BCUT2D eigenvalue weighted by molar-refractivity contribution is 7.12. The van der Waals surface area contributed by atoms with E-state index in [1.54, 1.807) is 0 Å². The summed E-state index contributed by atoms with van der Waals surface area (Å²) in [5.41, 5.74) is -2.69. The SMILES string of the molecule is O=C(NCCCNC1CCCCC1)c1cnn(-c2nc(-c3cccc(C(F)(F)F)c3)cs2)c1C(F)(F)F. The van der Waals surface area contributed by atoms with Gasteiger partial charge in [-0.2, -0.15) is 31.4 Å². The number of benzene rings is 1. The summed E-state index contributed by atoms with van der Waals surface area (Å²) in [7, 11) is 0. The Balaban J connectivity index is 1.46. The zero-order chi connectivity index (χ0) is 26.6. The Hall–Kier alpha value is -2.93. The minimum atomic E-state index is -4.92. The molecular weight excluding hydrogens is 520 g/mol. The maximum absolute atomic E-state index is 14.0. The minimum Gasteiger partial charge on any atom is -0.352 e.